The van der Waals surface area contributed by atoms with Crippen LogP contribution < -0.4 is 5.32 Å². The third-order valence-corrected chi connectivity index (χ3v) is 4.18. The van der Waals surface area contributed by atoms with Crippen molar-refractivity contribution in [2.24, 2.45) is 0 Å². The summed E-state index contributed by atoms with van der Waals surface area (Å²) in [6.45, 7) is 6.14. The van der Waals surface area contributed by atoms with Gasteiger partial charge < -0.3 is 10.1 Å². The number of amides is 1. The minimum atomic E-state index is -0.250. The lowest BCUT2D eigenvalue weighted by Gasteiger charge is -2.05. The average Bonchev–Trinajstić information content (AvgIpc) is 2.68. The molecule has 1 N–H and O–H groups in total. The minimum absolute atomic E-state index is 0.187. The summed E-state index contributed by atoms with van der Waals surface area (Å²) in [5.74, 6) is -0.437. The van der Waals surface area contributed by atoms with Crippen LogP contribution in [0.1, 0.15) is 84.0 Å². The van der Waals surface area contributed by atoms with Crippen LogP contribution in [-0.4, -0.2) is 25.0 Å². The number of rotatable bonds is 18. The Morgan fingerprint density at radius 1 is 0.889 bits per heavy atom. The largest absolute Gasteiger partial charge is 0.464 e. The van der Waals surface area contributed by atoms with Crippen LogP contribution in [0.5, 0.6) is 0 Å². The molecule has 4 nitrogen and oxygen atoms in total. The summed E-state index contributed by atoms with van der Waals surface area (Å²) in [6, 6.07) is 0. The molecule has 0 bridgehead atoms. The summed E-state index contributed by atoms with van der Waals surface area (Å²) in [4.78, 5) is 22.4. The van der Waals surface area contributed by atoms with Crippen LogP contribution in [0.2, 0.25) is 0 Å². The number of ether oxygens (including phenoxy) is 1. The molecule has 0 unspecified atom stereocenters. The lowest BCUT2D eigenvalue weighted by molar-refractivity contribution is -0.143. The molecule has 0 rings (SSSR count). The predicted molar refractivity (Wildman–Crippen MR) is 114 cm³/mol. The lowest BCUT2D eigenvalue weighted by Crippen LogP contribution is -2.26. The van der Waals surface area contributed by atoms with Crippen LogP contribution in [0.15, 0.2) is 37.0 Å². The Bertz CT molecular complexity index is 441. The van der Waals surface area contributed by atoms with E-state index >= 15 is 0 Å². The number of carbonyl (C=O) groups excluding carboxylic acids is 2. The SMILES string of the molecule is C=CC(=O)NCCOC(=O)CCCCCCC/C=C/C/C=C/CCCCC. The van der Waals surface area contributed by atoms with Gasteiger partial charge in [-0.2, -0.15) is 0 Å². The predicted octanol–water partition coefficient (Wildman–Crippen LogP) is 5.65. The van der Waals surface area contributed by atoms with Gasteiger partial charge in [-0.1, -0.05) is 69.9 Å². The van der Waals surface area contributed by atoms with E-state index in [-0.39, 0.29) is 18.5 Å². The summed E-state index contributed by atoms with van der Waals surface area (Å²) in [5.41, 5.74) is 0. The fourth-order valence-corrected chi connectivity index (χ4v) is 2.56. The Morgan fingerprint density at radius 2 is 1.52 bits per heavy atom. The van der Waals surface area contributed by atoms with E-state index in [1.54, 1.807) is 0 Å². The van der Waals surface area contributed by atoms with Crippen molar-refractivity contribution in [3.05, 3.63) is 37.0 Å². The zero-order chi connectivity index (χ0) is 20.0. The van der Waals surface area contributed by atoms with Gasteiger partial charge in [0.2, 0.25) is 5.91 Å². The monoisotopic (exact) mass is 377 g/mol. The van der Waals surface area contributed by atoms with Crippen LogP contribution in [-0.2, 0) is 14.3 Å². The second-order valence-corrected chi connectivity index (χ2v) is 6.70. The quantitative estimate of drug-likeness (QED) is 0.145. The molecule has 0 saturated carbocycles. The van der Waals surface area contributed by atoms with Gasteiger partial charge in [-0.15, -0.1) is 0 Å². The van der Waals surface area contributed by atoms with Crippen molar-refractivity contribution in [2.45, 2.75) is 84.0 Å². The number of hydrogen-bond donors (Lipinski definition) is 1. The molecule has 0 aromatic rings. The number of carbonyl (C=O) groups is 2. The van der Waals surface area contributed by atoms with Gasteiger partial charge in [-0.25, -0.2) is 0 Å². The first-order chi connectivity index (χ1) is 13.2. The molecular formula is C23H39NO3. The molecule has 4 heteroatoms. The van der Waals surface area contributed by atoms with Crippen molar-refractivity contribution >= 4 is 11.9 Å². The highest BCUT2D eigenvalue weighted by Gasteiger charge is 2.02. The van der Waals surface area contributed by atoms with Crippen molar-refractivity contribution in [3.63, 3.8) is 0 Å². The third kappa shape index (κ3) is 20.3. The van der Waals surface area contributed by atoms with E-state index in [1.807, 2.05) is 0 Å². The molecule has 0 aliphatic rings. The van der Waals surface area contributed by atoms with Gasteiger partial charge in [-0.3, -0.25) is 9.59 Å². The fraction of sp³-hybridized carbons (Fsp3) is 0.652. The van der Waals surface area contributed by atoms with Crippen LogP contribution in [0.3, 0.4) is 0 Å². The van der Waals surface area contributed by atoms with E-state index in [1.165, 1.54) is 44.6 Å². The van der Waals surface area contributed by atoms with E-state index < -0.39 is 0 Å². The van der Waals surface area contributed by atoms with Gasteiger partial charge in [0, 0.05) is 6.42 Å². The van der Waals surface area contributed by atoms with E-state index in [9.17, 15) is 9.59 Å². The highest BCUT2D eigenvalue weighted by Crippen LogP contribution is 2.08. The fourth-order valence-electron chi connectivity index (χ4n) is 2.56. The first-order valence-corrected chi connectivity index (χ1v) is 10.6. The molecule has 0 spiro atoms. The molecule has 0 aromatic carbocycles. The van der Waals surface area contributed by atoms with Gasteiger partial charge in [0.15, 0.2) is 0 Å². The maximum absolute atomic E-state index is 11.5. The minimum Gasteiger partial charge on any atom is -0.464 e. The van der Waals surface area contributed by atoms with E-state index in [0.717, 1.165) is 32.1 Å². The third-order valence-electron chi connectivity index (χ3n) is 4.18. The molecule has 154 valence electrons. The summed E-state index contributed by atoms with van der Waals surface area (Å²) in [7, 11) is 0. The lowest BCUT2D eigenvalue weighted by atomic mass is 10.1. The topological polar surface area (TPSA) is 55.4 Å². The van der Waals surface area contributed by atoms with Crippen molar-refractivity contribution in [1.29, 1.82) is 0 Å². The molecule has 0 aromatic heterocycles. The number of unbranched alkanes of at least 4 members (excludes halogenated alkanes) is 8. The summed E-state index contributed by atoms with van der Waals surface area (Å²) in [6.07, 6.45) is 23.6. The maximum atomic E-state index is 11.5. The van der Waals surface area contributed by atoms with Crippen molar-refractivity contribution in [3.8, 4) is 0 Å². The summed E-state index contributed by atoms with van der Waals surface area (Å²) < 4.78 is 5.05. The molecule has 0 aliphatic carbocycles. The Morgan fingerprint density at radius 3 is 2.19 bits per heavy atom. The zero-order valence-electron chi connectivity index (χ0n) is 17.2. The van der Waals surface area contributed by atoms with Gasteiger partial charge in [-0.05, 0) is 44.6 Å². The smallest absolute Gasteiger partial charge is 0.305 e. The Kier molecular flexibility index (Phi) is 19.1. The molecule has 0 atom stereocenters. The van der Waals surface area contributed by atoms with Crippen molar-refractivity contribution in [1.82, 2.24) is 5.32 Å². The van der Waals surface area contributed by atoms with Gasteiger partial charge in [0.25, 0.3) is 0 Å². The number of esters is 1. The number of nitrogens with one attached hydrogen (secondary N) is 1. The van der Waals surface area contributed by atoms with Crippen LogP contribution >= 0.6 is 0 Å². The molecule has 0 heterocycles. The number of hydrogen-bond acceptors (Lipinski definition) is 3. The highest BCUT2D eigenvalue weighted by atomic mass is 16.5. The zero-order valence-corrected chi connectivity index (χ0v) is 17.2. The molecule has 27 heavy (non-hydrogen) atoms. The average molecular weight is 378 g/mol. The van der Waals surface area contributed by atoms with Gasteiger partial charge >= 0.3 is 5.97 Å². The molecular weight excluding hydrogens is 338 g/mol. The molecule has 0 radical (unpaired) electrons. The van der Waals surface area contributed by atoms with Crippen molar-refractivity contribution in [2.75, 3.05) is 13.2 Å². The molecule has 0 fully saturated rings. The first-order valence-electron chi connectivity index (χ1n) is 10.6. The molecule has 0 aliphatic heterocycles. The normalized spacial score (nSPS) is 11.1. The van der Waals surface area contributed by atoms with Crippen LogP contribution in [0.4, 0.5) is 0 Å². The van der Waals surface area contributed by atoms with Gasteiger partial charge in [0.05, 0.1) is 6.54 Å². The first kappa shape index (κ1) is 25.2. The second kappa shape index (κ2) is 20.5. The molecule has 1 amide bonds. The second-order valence-electron chi connectivity index (χ2n) is 6.70. The van der Waals surface area contributed by atoms with E-state index in [0.29, 0.717) is 13.0 Å². The summed E-state index contributed by atoms with van der Waals surface area (Å²) >= 11 is 0. The summed E-state index contributed by atoms with van der Waals surface area (Å²) in [5, 5.41) is 2.57. The Hall–Kier alpha value is -1.84. The Labute approximate surface area is 166 Å². The maximum Gasteiger partial charge on any atom is 0.305 e. The van der Waals surface area contributed by atoms with E-state index in [4.69, 9.17) is 4.74 Å². The standard InChI is InChI=1S/C23H39NO3/c1-3-5-6-7-8-9-10-11-12-13-14-15-16-17-18-19-23(26)27-21-20-24-22(25)4-2/h4,8-9,11-12H,2-3,5-7,10,13-21H2,1H3,(H,24,25)/b9-8+,12-11+. The number of allylic oxidation sites excluding steroid dienone is 4. The Balaban J connectivity index is 3.32. The van der Waals surface area contributed by atoms with E-state index in [2.05, 4.69) is 43.1 Å². The highest BCUT2D eigenvalue weighted by molar-refractivity contribution is 5.86. The molecule has 0 saturated heterocycles. The van der Waals surface area contributed by atoms with Gasteiger partial charge in [0.1, 0.15) is 6.61 Å². The van der Waals surface area contributed by atoms with Crippen LogP contribution in [0.25, 0.3) is 0 Å². The van der Waals surface area contributed by atoms with Crippen molar-refractivity contribution < 1.29 is 14.3 Å². The van der Waals surface area contributed by atoms with Crippen LogP contribution in [0, 0.1) is 0 Å².